The van der Waals surface area contributed by atoms with Crippen molar-refractivity contribution in [3.8, 4) is 11.5 Å². The summed E-state index contributed by atoms with van der Waals surface area (Å²) >= 11 is 0. The van der Waals surface area contributed by atoms with Crippen molar-refractivity contribution in [2.75, 3.05) is 0 Å². The summed E-state index contributed by atoms with van der Waals surface area (Å²) in [6.07, 6.45) is 3.28. The summed E-state index contributed by atoms with van der Waals surface area (Å²) in [6, 6.07) is 9.14. The largest absolute Gasteiger partial charge is 0.412 e. The number of benzene rings is 1. The van der Waals surface area contributed by atoms with Gasteiger partial charge < -0.3 is 9.73 Å². The van der Waals surface area contributed by atoms with E-state index in [0.29, 0.717) is 12.1 Å². The van der Waals surface area contributed by atoms with Gasteiger partial charge in [-0.1, -0.05) is 0 Å². The predicted octanol–water partition coefficient (Wildman–Crippen LogP) is 2.20. The molecule has 0 bridgehead atoms. The Morgan fingerprint density at radius 2 is 1.82 bits per heavy atom. The Morgan fingerprint density at radius 3 is 2.55 bits per heavy atom. The highest BCUT2D eigenvalue weighted by Crippen LogP contribution is 2.17. The number of nitrogens with one attached hydrogen (secondary N) is 1. The summed E-state index contributed by atoms with van der Waals surface area (Å²) in [5.41, 5.74) is 1.45. The minimum atomic E-state index is -0.474. The first kappa shape index (κ1) is 13.9. The lowest BCUT2D eigenvalue weighted by atomic mass is 10.2. The minimum Gasteiger partial charge on any atom is -0.412 e. The highest BCUT2D eigenvalue weighted by atomic mass is 19.1. The molecule has 1 amide bonds. The molecule has 2 aromatic heterocycles. The van der Waals surface area contributed by atoms with Crippen LogP contribution in [0.3, 0.4) is 0 Å². The maximum Gasteiger partial charge on any atom is 0.309 e. The van der Waals surface area contributed by atoms with Crippen molar-refractivity contribution in [3.63, 3.8) is 0 Å². The summed E-state index contributed by atoms with van der Waals surface area (Å²) < 4.78 is 18.2. The molecule has 6 nitrogen and oxygen atoms in total. The van der Waals surface area contributed by atoms with Crippen molar-refractivity contribution >= 4 is 5.91 Å². The van der Waals surface area contributed by atoms with Gasteiger partial charge in [-0.3, -0.25) is 9.78 Å². The number of carbonyl (C=O) groups excluding carboxylic acids is 1. The normalized spacial score (nSPS) is 10.4. The molecule has 0 aliphatic rings. The third-order valence-electron chi connectivity index (χ3n) is 2.91. The standard InChI is InChI=1S/C15H11FN4O2/c16-12-3-1-11(2-4-12)14-19-20-15(22-14)13(21)18-9-10-5-7-17-8-6-10/h1-8H,9H2,(H,18,21). The molecule has 2 heterocycles. The highest BCUT2D eigenvalue weighted by molar-refractivity contribution is 5.89. The van der Waals surface area contributed by atoms with E-state index in [4.69, 9.17) is 4.42 Å². The van der Waals surface area contributed by atoms with Gasteiger partial charge in [0, 0.05) is 24.5 Å². The lowest BCUT2D eigenvalue weighted by Crippen LogP contribution is -2.23. The van der Waals surface area contributed by atoms with Crippen molar-refractivity contribution in [2.24, 2.45) is 0 Å². The maximum absolute atomic E-state index is 12.9. The number of amides is 1. The smallest absolute Gasteiger partial charge is 0.309 e. The Hall–Kier alpha value is -3.09. The number of halogens is 1. The lowest BCUT2D eigenvalue weighted by Gasteiger charge is -2.01. The van der Waals surface area contributed by atoms with Gasteiger partial charge >= 0.3 is 11.8 Å². The van der Waals surface area contributed by atoms with Gasteiger partial charge in [-0.15, -0.1) is 10.2 Å². The zero-order valence-corrected chi connectivity index (χ0v) is 11.4. The van der Waals surface area contributed by atoms with E-state index < -0.39 is 5.91 Å². The first-order valence-electron chi connectivity index (χ1n) is 6.49. The van der Waals surface area contributed by atoms with Crippen molar-refractivity contribution in [1.29, 1.82) is 0 Å². The molecule has 0 saturated carbocycles. The molecule has 0 aliphatic carbocycles. The molecule has 1 aromatic carbocycles. The topological polar surface area (TPSA) is 80.9 Å². The number of pyridine rings is 1. The van der Waals surface area contributed by atoms with Crippen LogP contribution < -0.4 is 5.32 Å². The second-order valence-corrected chi connectivity index (χ2v) is 4.46. The fourth-order valence-corrected chi connectivity index (χ4v) is 1.78. The van der Waals surface area contributed by atoms with Crippen LogP contribution in [0.2, 0.25) is 0 Å². The summed E-state index contributed by atoms with van der Waals surface area (Å²) in [6.45, 7) is 0.329. The third kappa shape index (κ3) is 3.14. The van der Waals surface area contributed by atoms with E-state index in [-0.39, 0.29) is 17.6 Å². The second-order valence-electron chi connectivity index (χ2n) is 4.46. The van der Waals surface area contributed by atoms with E-state index in [0.717, 1.165) is 5.56 Å². The number of hydrogen-bond donors (Lipinski definition) is 1. The molecule has 0 atom stereocenters. The Morgan fingerprint density at radius 1 is 1.09 bits per heavy atom. The third-order valence-corrected chi connectivity index (χ3v) is 2.91. The fraction of sp³-hybridized carbons (Fsp3) is 0.0667. The van der Waals surface area contributed by atoms with Crippen LogP contribution in [0.1, 0.15) is 16.2 Å². The van der Waals surface area contributed by atoms with Crippen LogP contribution in [0, 0.1) is 5.82 Å². The van der Waals surface area contributed by atoms with Crippen LogP contribution in [0.15, 0.2) is 53.2 Å². The van der Waals surface area contributed by atoms with E-state index in [1.807, 2.05) is 0 Å². The highest BCUT2D eigenvalue weighted by Gasteiger charge is 2.15. The minimum absolute atomic E-state index is 0.145. The second kappa shape index (κ2) is 6.13. The molecule has 3 aromatic rings. The monoisotopic (exact) mass is 298 g/mol. The maximum atomic E-state index is 12.9. The first-order valence-corrected chi connectivity index (χ1v) is 6.49. The van der Waals surface area contributed by atoms with E-state index >= 15 is 0 Å². The van der Waals surface area contributed by atoms with Gasteiger partial charge in [-0.05, 0) is 42.0 Å². The average Bonchev–Trinajstić information content (AvgIpc) is 3.04. The van der Waals surface area contributed by atoms with E-state index in [9.17, 15) is 9.18 Å². The van der Waals surface area contributed by atoms with Crippen LogP contribution in [0.5, 0.6) is 0 Å². The summed E-state index contributed by atoms with van der Waals surface area (Å²) in [4.78, 5) is 15.8. The van der Waals surface area contributed by atoms with Crippen molar-refractivity contribution in [2.45, 2.75) is 6.54 Å². The number of carbonyl (C=O) groups is 1. The summed E-state index contributed by atoms with van der Waals surface area (Å²) in [5.74, 6) is -0.821. The molecule has 0 fully saturated rings. The van der Waals surface area contributed by atoms with Crippen LogP contribution >= 0.6 is 0 Å². The molecule has 0 spiro atoms. The molecule has 0 unspecified atom stereocenters. The SMILES string of the molecule is O=C(NCc1ccncc1)c1nnc(-c2ccc(F)cc2)o1. The fourth-order valence-electron chi connectivity index (χ4n) is 1.78. The van der Waals surface area contributed by atoms with Crippen molar-refractivity contribution < 1.29 is 13.6 Å². The average molecular weight is 298 g/mol. The van der Waals surface area contributed by atoms with Crippen LogP contribution in [-0.4, -0.2) is 21.1 Å². The Balaban J connectivity index is 1.68. The van der Waals surface area contributed by atoms with Gasteiger partial charge in [-0.25, -0.2) is 4.39 Å². The molecule has 1 N–H and O–H groups in total. The Bertz CT molecular complexity index is 772. The van der Waals surface area contributed by atoms with Gasteiger partial charge in [0.2, 0.25) is 5.89 Å². The molecule has 22 heavy (non-hydrogen) atoms. The molecule has 110 valence electrons. The van der Waals surface area contributed by atoms with Gasteiger partial charge in [0.15, 0.2) is 0 Å². The van der Waals surface area contributed by atoms with E-state index in [1.54, 1.807) is 24.5 Å². The van der Waals surface area contributed by atoms with Crippen LogP contribution in [0.25, 0.3) is 11.5 Å². The Kier molecular flexibility index (Phi) is 3.86. The number of hydrogen-bond acceptors (Lipinski definition) is 5. The summed E-state index contributed by atoms with van der Waals surface area (Å²) in [7, 11) is 0. The molecule has 7 heteroatoms. The lowest BCUT2D eigenvalue weighted by molar-refractivity contribution is 0.0917. The first-order chi connectivity index (χ1) is 10.7. The van der Waals surface area contributed by atoms with Gasteiger partial charge in [0.25, 0.3) is 0 Å². The van der Waals surface area contributed by atoms with Crippen molar-refractivity contribution in [3.05, 3.63) is 66.1 Å². The number of aromatic nitrogens is 3. The van der Waals surface area contributed by atoms with Crippen LogP contribution in [-0.2, 0) is 6.54 Å². The molecule has 0 radical (unpaired) electrons. The molecular weight excluding hydrogens is 287 g/mol. The molecular formula is C15H11FN4O2. The quantitative estimate of drug-likeness (QED) is 0.798. The van der Waals surface area contributed by atoms with Crippen molar-refractivity contribution in [1.82, 2.24) is 20.5 Å². The van der Waals surface area contributed by atoms with Crippen LogP contribution in [0.4, 0.5) is 4.39 Å². The van der Waals surface area contributed by atoms with Gasteiger partial charge in [0.1, 0.15) is 5.82 Å². The zero-order valence-electron chi connectivity index (χ0n) is 11.4. The zero-order chi connectivity index (χ0) is 15.4. The Labute approximate surface area is 125 Å². The van der Waals surface area contributed by atoms with Gasteiger partial charge in [-0.2, -0.15) is 0 Å². The molecule has 3 rings (SSSR count). The number of nitrogens with zero attached hydrogens (tertiary/aromatic N) is 3. The van der Waals surface area contributed by atoms with E-state index in [1.165, 1.54) is 24.3 Å². The van der Waals surface area contributed by atoms with E-state index in [2.05, 4.69) is 20.5 Å². The predicted molar refractivity (Wildman–Crippen MR) is 75.1 cm³/mol. The molecule has 0 saturated heterocycles. The summed E-state index contributed by atoms with van der Waals surface area (Å²) in [5, 5.41) is 10.1. The van der Waals surface area contributed by atoms with Gasteiger partial charge in [0.05, 0.1) is 0 Å². The molecule has 0 aliphatic heterocycles. The number of rotatable bonds is 4.